The summed E-state index contributed by atoms with van der Waals surface area (Å²) in [4.78, 5) is 37.2. The fraction of sp³-hybridized carbons (Fsp3) is 0.200. The van der Waals surface area contributed by atoms with Crippen molar-refractivity contribution in [3.63, 3.8) is 0 Å². The maximum Gasteiger partial charge on any atom is 0.270 e. The number of nitro groups is 1. The van der Waals surface area contributed by atoms with Crippen molar-refractivity contribution in [2.75, 3.05) is 13.3 Å². The molecule has 1 aromatic heterocycles. The number of ether oxygens (including phenoxy) is 2. The van der Waals surface area contributed by atoms with E-state index in [2.05, 4.69) is 0 Å². The SMILES string of the molecule is Cl.NCCCn1c2c(c3ccc([N+](=O)[O-])cc3c1=O)C(=O)c1cc3c(cc1-2)OCO3. The Labute approximate surface area is 175 Å². The Bertz CT molecular complexity index is 1300. The largest absolute Gasteiger partial charge is 0.454 e. The molecule has 10 heteroatoms. The minimum absolute atomic E-state index is 0. The molecule has 1 aliphatic carbocycles. The van der Waals surface area contributed by atoms with Gasteiger partial charge in [-0.05, 0) is 31.2 Å². The van der Waals surface area contributed by atoms with Crippen molar-refractivity contribution in [3.05, 3.63) is 61.9 Å². The first-order chi connectivity index (χ1) is 14.0. The molecule has 0 atom stereocenters. The molecular weight excluding hydrogens is 414 g/mol. The van der Waals surface area contributed by atoms with E-state index >= 15 is 0 Å². The summed E-state index contributed by atoms with van der Waals surface area (Å²) in [5, 5.41) is 11.7. The van der Waals surface area contributed by atoms with Gasteiger partial charge in [-0.1, -0.05) is 0 Å². The van der Waals surface area contributed by atoms with Crippen molar-refractivity contribution in [2.45, 2.75) is 13.0 Å². The Balaban J connectivity index is 0.00000218. The first-order valence-electron chi connectivity index (χ1n) is 9.05. The molecule has 9 nitrogen and oxygen atoms in total. The highest BCUT2D eigenvalue weighted by molar-refractivity contribution is 6.27. The van der Waals surface area contributed by atoms with Crippen LogP contribution in [0.3, 0.4) is 0 Å². The summed E-state index contributed by atoms with van der Waals surface area (Å²) in [5.74, 6) is 0.723. The lowest BCUT2D eigenvalue weighted by atomic mass is 10.0. The summed E-state index contributed by atoms with van der Waals surface area (Å²) in [7, 11) is 0. The highest BCUT2D eigenvalue weighted by atomic mass is 35.5. The molecule has 0 amide bonds. The summed E-state index contributed by atoms with van der Waals surface area (Å²) in [6.07, 6.45) is 0.515. The van der Waals surface area contributed by atoms with E-state index < -0.39 is 10.5 Å². The van der Waals surface area contributed by atoms with Crippen LogP contribution >= 0.6 is 12.4 Å². The molecule has 0 fully saturated rings. The van der Waals surface area contributed by atoms with Crippen LogP contribution in [0.2, 0.25) is 0 Å². The van der Waals surface area contributed by atoms with E-state index in [-0.39, 0.29) is 42.6 Å². The number of hydrogen-bond donors (Lipinski definition) is 1. The number of benzene rings is 2. The zero-order valence-electron chi connectivity index (χ0n) is 15.5. The highest BCUT2D eigenvalue weighted by Gasteiger charge is 2.35. The number of aromatic nitrogens is 1. The molecule has 2 heterocycles. The minimum Gasteiger partial charge on any atom is -0.454 e. The lowest BCUT2D eigenvalue weighted by Crippen LogP contribution is -2.24. The van der Waals surface area contributed by atoms with E-state index in [0.717, 1.165) is 0 Å². The molecule has 154 valence electrons. The van der Waals surface area contributed by atoms with Gasteiger partial charge in [-0.25, -0.2) is 0 Å². The van der Waals surface area contributed by atoms with Crippen molar-refractivity contribution >= 4 is 34.7 Å². The molecular formula is C20H16ClN3O6. The van der Waals surface area contributed by atoms with Gasteiger partial charge in [0.05, 0.1) is 21.6 Å². The predicted octanol–water partition coefficient (Wildman–Crippen LogP) is 2.62. The zero-order valence-corrected chi connectivity index (χ0v) is 16.4. The van der Waals surface area contributed by atoms with E-state index in [1.807, 2.05) is 0 Å². The number of nitrogens with zero attached hydrogens (tertiary/aromatic N) is 2. The van der Waals surface area contributed by atoms with E-state index in [4.69, 9.17) is 15.2 Å². The van der Waals surface area contributed by atoms with Crippen LogP contribution in [-0.2, 0) is 6.54 Å². The Morgan fingerprint density at radius 2 is 1.77 bits per heavy atom. The molecule has 2 aromatic carbocycles. The molecule has 0 saturated carbocycles. The van der Waals surface area contributed by atoms with Gasteiger partial charge in [0.15, 0.2) is 17.3 Å². The van der Waals surface area contributed by atoms with Crippen LogP contribution in [0.25, 0.3) is 22.0 Å². The molecule has 5 rings (SSSR count). The van der Waals surface area contributed by atoms with Gasteiger partial charge in [-0.15, -0.1) is 12.4 Å². The van der Waals surface area contributed by atoms with Gasteiger partial charge in [-0.2, -0.15) is 0 Å². The van der Waals surface area contributed by atoms with E-state index in [1.54, 1.807) is 12.1 Å². The van der Waals surface area contributed by atoms with Crippen molar-refractivity contribution in [2.24, 2.45) is 5.73 Å². The molecule has 0 unspecified atom stereocenters. The number of pyridine rings is 1. The van der Waals surface area contributed by atoms with Gasteiger partial charge in [0.25, 0.3) is 11.2 Å². The van der Waals surface area contributed by atoms with Crippen molar-refractivity contribution < 1.29 is 19.2 Å². The molecule has 1 aliphatic heterocycles. The number of nitro benzene ring substituents is 1. The van der Waals surface area contributed by atoms with Gasteiger partial charge in [0.2, 0.25) is 6.79 Å². The van der Waals surface area contributed by atoms with E-state index in [0.29, 0.717) is 52.2 Å². The van der Waals surface area contributed by atoms with Gasteiger partial charge >= 0.3 is 0 Å². The number of rotatable bonds is 4. The minimum atomic E-state index is -0.563. The van der Waals surface area contributed by atoms with Crippen LogP contribution in [0.15, 0.2) is 35.1 Å². The maximum atomic E-state index is 13.3. The maximum absolute atomic E-state index is 13.3. The predicted molar refractivity (Wildman–Crippen MR) is 111 cm³/mol. The number of hydrogen-bond acceptors (Lipinski definition) is 7. The van der Waals surface area contributed by atoms with Crippen molar-refractivity contribution in [1.29, 1.82) is 0 Å². The van der Waals surface area contributed by atoms with E-state index in [1.165, 1.54) is 22.8 Å². The third-order valence-corrected chi connectivity index (χ3v) is 5.29. The number of carbonyl (C=O) groups excluding carboxylic acids is 1. The van der Waals surface area contributed by atoms with Gasteiger partial charge in [-0.3, -0.25) is 19.7 Å². The van der Waals surface area contributed by atoms with Crippen LogP contribution in [0.4, 0.5) is 5.69 Å². The molecule has 3 aromatic rings. The molecule has 0 bridgehead atoms. The normalized spacial score (nSPS) is 13.2. The van der Waals surface area contributed by atoms with Gasteiger partial charge < -0.3 is 19.8 Å². The Morgan fingerprint density at radius 1 is 1.07 bits per heavy atom. The second-order valence-corrected chi connectivity index (χ2v) is 6.89. The number of carbonyl (C=O) groups is 1. The molecule has 2 aliphatic rings. The van der Waals surface area contributed by atoms with Gasteiger partial charge in [0, 0.05) is 35.2 Å². The number of non-ortho nitro benzene ring substituents is 1. The Morgan fingerprint density at radius 3 is 2.43 bits per heavy atom. The van der Waals surface area contributed by atoms with Crippen molar-refractivity contribution in [1.82, 2.24) is 4.57 Å². The smallest absolute Gasteiger partial charge is 0.270 e. The molecule has 0 saturated heterocycles. The van der Waals surface area contributed by atoms with Crippen molar-refractivity contribution in [3.8, 4) is 22.8 Å². The fourth-order valence-electron chi connectivity index (χ4n) is 3.98. The second-order valence-electron chi connectivity index (χ2n) is 6.89. The van der Waals surface area contributed by atoms with Gasteiger partial charge in [0.1, 0.15) is 0 Å². The quantitative estimate of drug-likeness (QED) is 0.390. The van der Waals surface area contributed by atoms with E-state index in [9.17, 15) is 19.7 Å². The lowest BCUT2D eigenvalue weighted by Gasteiger charge is -2.14. The Hall–Kier alpha value is -3.43. The highest BCUT2D eigenvalue weighted by Crippen LogP contribution is 2.45. The first kappa shape index (κ1) is 19.9. The summed E-state index contributed by atoms with van der Waals surface area (Å²) in [5.41, 5.74) is 6.88. The number of halogens is 1. The van der Waals surface area contributed by atoms with Crippen LogP contribution in [0, 0.1) is 10.1 Å². The average Bonchev–Trinajstić information content (AvgIpc) is 3.28. The first-order valence-corrected chi connectivity index (χ1v) is 9.05. The molecule has 0 radical (unpaired) electrons. The molecule has 0 spiro atoms. The standard InChI is InChI=1S/C20H15N3O6.ClH/c21-4-1-5-22-18-12-7-15-16(29-9-28-15)8-13(12)19(24)17(18)11-3-2-10(23(26)27)6-14(11)20(22)25;/h2-3,6-8H,1,4-5,9,21H2;1H. The average molecular weight is 430 g/mol. The summed E-state index contributed by atoms with van der Waals surface area (Å²) < 4.78 is 12.3. The molecule has 30 heavy (non-hydrogen) atoms. The third kappa shape index (κ3) is 2.66. The zero-order chi connectivity index (χ0) is 20.3. The van der Waals surface area contributed by atoms with Crippen LogP contribution in [-0.4, -0.2) is 28.6 Å². The van der Waals surface area contributed by atoms with Crippen LogP contribution in [0.1, 0.15) is 22.3 Å². The molecule has 2 N–H and O–H groups in total. The summed E-state index contributed by atoms with van der Waals surface area (Å²) in [6.45, 7) is 0.717. The lowest BCUT2D eigenvalue weighted by molar-refractivity contribution is -0.384. The monoisotopic (exact) mass is 429 g/mol. The summed E-state index contributed by atoms with van der Waals surface area (Å²) >= 11 is 0. The fourth-order valence-corrected chi connectivity index (χ4v) is 3.98. The second kappa shape index (κ2) is 7.12. The number of fused-ring (bicyclic) bond motifs is 6. The number of nitrogens with two attached hydrogens (primary N) is 1. The topological polar surface area (TPSA) is 127 Å². The third-order valence-electron chi connectivity index (χ3n) is 5.29. The number of ketones is 1. The van der Waals surface area contributed by atoms with Crippen LogP contribution in [0.5, 0.6) is 11.5 Å². The Kier molecular flexibility index (Phi) is 4.71. The van der Waals surface area contributed by atoms with Crippen LogP contribution < -0.4 is 20.8 Å². The summed E-state index contributed by atoms with van der Waals surface area (Å²) in [6, 6.07) is 7.31.